The molecule has 1 amide bonds. The van der Waals surface area contributed by atoms with Gasteiger partial charge in [0.1, 0.15) is 18.0 Å². The zero-order valence-electron chi connectivity index (χ0n) is 18.0. The summed E-state index contributed by atoms with van der Waals surface area (Å²) in [6.45, 7) is 10.7. The van der Waals surface area contributed by atoms with Crippen molar-refractivity contribution in [2.45, 2.75) is 71.3 Å². The number of hydrogen-bond acceptors (Lipinski definition) is 4. The molecule has 0 spiro atoms. The van der Waals surface area contributed by atoms with Crippen molar-refractivity contribution in [3.8, 4) is 5.75 Å². The van der Waals surface area contributed by atoms with Crippen LogP contribution in [0.3, 0.4) is 0 Å². The summed E-state index contributed by atoms with van der Waals surface area (Å²) in [5.74, 6) is 0.828. The predicted octanol–water partition coefficient (Wildman–Crippen LogP) is 4.87. The Labute approximate surface area is 170 Å². The molecule has 1 saturated carbocycles. The van der Waals surface area contributed by atoms with Crippen LogP contribution in [0.4, 0.5) is 5.69 Å². The van der Waals surface area contributed by atoms with Crippen LogP contribution in [0.2, 0.25) is 0 Å². The number of carbonyl (C=O) groups excluding carboxylic acids is 1. The fourth-order valence-corrected chi connectivity index (χ4v) is 3.75. The van der Waals surface area contributed by atoms with Crippen LogP contribution in [0.5, 0.6) is 5.75 Å². The summed E-state index contributed by atoms with van der Waals surface area (Å²) in [6, 6.07) is 7.67. The topological polar surface area (TPSA) is 50.8 Å². The highest BCUT2D eigenvalue weighted by molar-refractivity contribution is 5.97. The standard InChI is InChI=1S/C23H38N2O3/c1-4-18-28-23(15-9-7-8-10-16-23)22(26)24-20-11-13-21(14-12-20)27-19-17-25(5-2)6-3/h11-14H,4-10,15-19H2,1-3H3,(H,24,26). The van der Waals surface area contributed by atoms with Crippen LogP contribution < -0.4 is 10.1 Å². The Kier molecular flexibility index (Phi) is 9.79. The summed E-state index contributed by atoms with van der Waals surface area (Å²) < 4.78 is 11.9. The first-order valence-corrected chi connectivity index (χ1v) is 11.0. The van der Waals surface area contributed by atoms with Gasteiger partial charge in [0.2, 0.25) is 0 Å². The molecule has 1 fully saturated rings. The van der Waals surface area contributed by atoms with Crippen LogP contribution in [-0.4, -0.2) is 49.3 Å². The Morgan fingerprint density at radius 2 is 1.64 bits per heavy atom. The molecule has 0 heterocycles. The average molecular weight is 391 g/mol. The van der Waals surface area contributed by atoms with E-state index >= 15 is 0 Å². The van der Waals surface area contributed by atoms with Gasteiger partial charge in [0, 0.05) is 18.8 Å². The fourth-order valence-electron chi connectivity index (χ4n) is 3.75. The summed E-state index contributed by atoms with van der Waals surface area (Å²) in [5.41, 5.74) is 0.121. The lowest BCUT2D eigenvalue weighted by atomic mass is 9.92. The molecule has 5 heteroatoms. The molecule has 1 N–H and O–H groups in total. The number of anilines is 1. The van der Waals surface area contributed by atoms with Crippen LogP contribution in [0.15, 0.2) is 24.3 Å². The maximum Gasteiger partial charge on any atom is 0.256 e. The van der Waals surface area contributed by atoms with Gasteiger partial charge in [-0.1, -0.05) is 46.5 Å². The van der Waals surface area contributed by atoms with Crippen molar-refractivity contribution in [1.29, 1.82) is 0 Å². The largest absolute Gasteiger partial charge is 0.492 e. The van der Waals surface area contributed by atoms with Crippen LogP contribution >= 0.6 is 0 Å². The smallest absolute Gasteiger partial charge is 0.256 e. The van der Waals surface area contributed by atoms with Crippen molar-refractivity contribution in [1.82, 2.24) is 4.90 Å². The molecule has 0 unspecified atom stereocenters. The number of carbonyl (C=O) groups is 1. The first-order chi connectivity index (χ1) is 13.6. The van der Waals surface area contributed by atoms with Crippen molar-refractivity contribution in [3.63, 3.8) is 0 Å². The van der Waals surface area contributed by atoms with Gasteiger partial charge in [-0.25, -0.2) is 0 Å². The Hall–Kier alpha value is -1.59. The minimum absolute atomic E-state index is 0.00180. The lowest BCUT2D eigenvalue weighted by Gasteiger charge is -2.31. The Morgan fingerprint density at radius 1 is 1.00 bits per heavy atom. The van der Waals surface area contributed by atoms with Crippen molar-refractivity contribution in [2.24, 2.45) is 0 Å². The van der Waals surface area contributed by atoms with E-state index in [4.69, 9.17) is 9.47 Å². The van der Waals surface area contributed by atoms with E-state index < -0.39 is 5.60 Å². The van der Waals surface area contributed by atoms with E-state index in [-0.39, 0.29) is 5.91 Å². The van der Waals surface area contributed by atoms with Crippen molar-refractivity contribution < 1.29 is 14.3 Å². The summed E-state index contributed by atoms with van der Waals surface area (Å²) in [5, 5.41) is 3.08. The first kappa shape index (κ1) is 22.7. The van der Waals surface area contributed by atoms with Crippen LogP contribution in [0, 0.1) is 0 Å². The molecular weight excluding hydrogens is 352 g/mol. The molecule has 28 heavy (non-hydrogen) atoms. The third-order valence-electron chi connectivity index (χ3n) is 5.59. The average Bonchev–Trinajstić information content (AvgIpc) is 2.97. The quantitative estimate of drug-likeness (QED) is 0.548. The Balaban J connectivity index is 1.92. The minimum Gasteiger partial charge on any atom is -0.492 e. The molecule has 5 nitrogen and oxygen atoms in total. The fraction of sp³-hybridized carbons (Fsp3) is 0.696. The van der Waals surface area contributed by atoms with Gasteiger partial charge < -0.3 is 19.7 Å². The summed E-state index contributed by atoms with van der Waals surface area (Å²) in [4.78, 5) is 15.4. The maximum atomic E-state index is 13.1. The van der Waals surface area contributed by atoms with Gasteiger partial charge in [-0.05, 0) is 56.6 Å². The number of amides is 1. The second kappa shape index (κ2) is 12.1. The molecule has 0 saturated heterocycles. The van der Waals surface area contributed by atoms with Gasteiger partial charge in [0.05, 0.1) is 0 Å². The Bertz CT molecular complexity index is 562. The third-order valence-corrected chi connectivity index (χ3v) is 5.59. The summed E-state index contributed by atoms with van der Waals surface area (Å²) in [6.07, 6.45) is 7.02. The molecule has 158 valence electrons. The predicted molar refractivity (Wildman–Crippen MR) is 115 cm³/mol. The van der Waals surface area contributed by atoms with Crippen molar-refractivity contribution in [2.75, 3.05) is 38.2 Å². The number of hydrogen-bond donors (Lipinski definition) is 1. The van der Waals surface area contributed by atoms with Crippen LogP contribution in [0.25, 0.3) is 0 Å². The molecule has 1 aromatic rings. The van der Waals surface area contributed by atoms with E-state index in [0.29, 0.717) is 13.2 Å². The van der Waals surface area contributed by atoms with Crippen LogP contribution in [0.1, 0.15) is 65.7 Å². The monoisotopic (exact) mass is 390 g/mol. The molecule has 0 bridgehead atoms. The zero-order chi connectivity index (χ0) is 20.2. The normalized spacial score (nSPS) is 16.6. The number of nitrogens with zero attached hydrogens (tertiary/aromatic N) is 1. The molecule has 0 atom stereocenters. The highest BCUT2D eigenvalue weighted by atomic mass is 16.5. The number of ether oxygens (including phenoxy) is 2. The number of likely N-dealkylation sites (N-methyl/N-ethyl adjacent to an activating group) is 1. The van der Waals surface area contributed by atoms with Crippen LogP contribution in [-0.2, 0) is 9.53 Å². The minimum atomic E-state index is -0.675. The van der Waals surface area contributed by atoms with E-state index in [9.17, 15) is 4.79 Å². The van der Waals surface area contributed by atoms with E-state index in [1.165, 1.54) is 12.8 Å². The molecule has 0 aromatic heterocycles. The first-order valence-electron chi connectivity index (χ1n) is 11.0. The molecule has 1 aromatic carbocycles. The van der Waals surface area contributed by atoms with Gasteiger partial charge in [-0.15, -0.1) is 0 Å². The van der Waals surface area contributed by atoms with Gasteiger partial charge in [-0.3, -0.25) is 4.79 Å². The lowest BCUT2D eigenvalue weighted by molar-refractivity contribution is -0.143. The Morgan fingerprint density at radius 3 is 2.21 bits per heavy atom. The molecule has 0 aliphatic heterocycles. The molecule has 2 rings (SSSR count). The summed E-state index contributed by atoms with van der Waals surface area (Å²) >= 11 is 0. The van der Waals surface area contributed by atoms with E-state index in [1.807, 2.05) is 24.3 Å². The lowest BCUT2D eigenvalue weighted by Crippen LogP contribution is -2.45. The zero-order valence-corrected chi connectivity index (χ0v) is 18.0. The highest BCUT2D eigenvalue weighted by Crippen LogP contribution is 2.32. The SMILES string of the molecule is CCCOC1(C(=O)Nc2ccc(OCCN(CC)CC)cc2)CCCCCC1. The maximum absolute atomic E-state index is 13.1. The van der Waals surface area contributed by atoms with E-state index in [2.05, 4.69) is 31.0 Å². The molecule has 1 aliphatic rings. The molecular formula is C23H38N2O3. The van der Waals surface area contributed by atoms with Crippen molar-refractivity contribution >= 4 is 11.6 Å². The van der Waals surface area contributed by atoms with E-state index in [1.54, 1.807) is 0 Å². The molecule has 0 radical (unpaired) electrons. The van der Waals surface area contributed by atoms with Gasteiger partial charge in [0.15, 0.2) is 0 Å². The van der Waals surface area contributed by atoms with Gasteiger partial charge in [-0.2, -0.15) is 0 Å². The molecule has 1 aliphatic carbocycles. The third kappa shape index (κ3) is 6.78. The second-order valence-electron chi connectivity index (χ2n) is 7.61. The number of rotatable bonds is 11. The number of nitrogens with one attached hydrogen (secondary N) is 1. The van der Waals surface area contributed by atoms with Crippen molar-refractivity contribution in [3.05, 3.63) is 24.3 Å². The number of benzene rings is 1. The highest BCUT2D eigenvalue weighted by Gasteiger charge is 2.39. The second-order valence-corrected chi connectivity index (χ2v) is 7.61. The van der Waals surface area contributed by atoms with Gasteiger partial charge >= 0.3 is 0 Å². The van der Waals surface area contributed by atoms with E-state index in [0.717, 1.165) is 63.2 Å². The van der Waals surface area contributed by atoms with Gasteiger partial charge in [0.25, 0.3) is 5.91 Å². The summed E-state index contributed by atoms with van der Waals surface area (Å²) in [7, 11) is 0.